The van der Waals surface area contributed by atoms with Gasteiger partial charge in [0.15, 0.2) is 5.78 Å². The van der Waals surface area contributed by atoms with Crippen LogP contribution in [-0.2, 0) is 16.0 Å². The summed E-state index contributed by atoms with van der Waals surface area (Å²) in [5.74, 6) is 0.748. The lowest BCUT2D eigenvalue weighted by atomic mass is 10.0. The van der Waals surface area contributed by atoms with E-state index in [9.17, 15) is 9.59 Å². The highest BCUT2D eigenvalue weighted by atomic mass is 32.2. The zero-order chi connectivity index (χ0) is 16.1. The van der Waals surface area contributed by atoms with Crippen LogP contribution in [0.5, 0.6) is 0 Å². The summed E-state index contributed by atoms with van der Waals surface area (Å²) in [5, 5.41) is 3.66. The minimum atomic E-state index is -0.286. The molecule has 3 rings (SSSR count). The van der Waals surface area contributed by atoms with Crippen LogP contribution in [0, 0.1) is 5.92 Å². The average molecular weight is 332 g/mol. The molecule has 23 heavy (non-hydrogen) atoms. The molecule has 5 heteroatoms. The Hall–Kier alpha value is -1.36. The molecule has 1 unspecified atom stereocenters. The predicted molar refractivity (Wildman–Crippen MR) is 91.4 cm³/mol. The molecule has 2 aliphatic rings. The Morgan fingerprint density at radius 3 is 2.83 bits per heavy atom. The van der Waals surface area contributed by atoms with E-state index in [-0.39, 0.29) is 23.4 Å². The first-order valence-electron chi connectivity index (χ1n) is 8.62. The number of hydrogen-bond donors (Lipinski definition) is 1. The van der Waals surface area contributed by atoms with Crippen molar-refractivity contribution in [3.63, 3.8) is 0 Å². The average Bonchev–Trinajstić information content (AvgIpc) is 2.82. The molecule has 1 aliphatic carbocycles. The largest absolute Gasteiger partial charge is 0.356 e. The standard InChI is InChI=1S/C18H24N2O2S/c21-15-10-14-8-5-9-19-18(14)23-16(15)11-17(22)20-12-13-6-3-1-2-4-7-13/h5,8-9,13,16H,1-4,6-7,10-12H2,(H,20,22). The quantitative estimate of drug-likeness (QED) is 0.861. The SMILES string of the molecule is O=C(CC1Sc2ncccc2CC1=O)NCC1CCCCCC1. The number of carbonyl (C=O) groups is 2. The number of pyridine rings is 1. The van der Waals surface area contributed by atoms with Gasteiger partial charge in [0.05, 0.1) is 5.25 Å². The molecule has 1 fully saturated rings. The van der Waals surface area contributed by atoms with E-state index < -0.39 is 0 Å². The molecule has 1 aliphatic heterocycles. The van der Waals surface area contributed by atoms with Crippen molar-refractivity contribution >= 4 is 23.5 Å². The minimum Gasteiger partial charge on any atom is -0.356 e. The summed E-state index contributed by atoms with van der Waals surface area (Å²) in [4.78, 5) is 28.7. The Morgan fingerprint density at radius 1 is 1.26 bits per heavy atom. The van der Waals surface area contributed by atoms with Gasteiger partial charge in [-0.15, -0.1) is 0 Å². The van der Waals surface area contributed by atoms with E-state index in [0.29, 0.717) is 12.3 Å². The number of nitrogens with zero attached hydrogens (tertiary/aromatic N) is 1. The van der Waals surface area contributed by atoms with E-state index in [1.54, 1.807) is 6.20 Å². The maximum absolute atomic E-state index is 12.2. The first-order valence-corrected chi connectivity index (χ1v) is 9.50. The molecule has 1 saturated carbocycles. The van der Waals surface area contributed by atoms with Gasteiger partial charge in [0, 0.05) is 25.6 Å². The lowest BCUT2D eigenvalue weighted by molar-refractivity contribution is -0.125. The molecule has 0 radical (unpaired) electrons. The van der Waals surface area contributed by atoms with Gasteiger partial charge >= 0.3 is 0 Å². The Morgan fingerprint density at radius 2 is 2.04 bits per heavy atom. The number of thioether (sulfide) groups is 1. The molecular weight excluding hydrogens is 308 g/mol. The Labute approximate surface area is 141 Å². The highest BCUT2D eigenvalue weighted by Crippen LogP contribution is 2.33. The molecule has 1 aromatic rings. The molecular formula is C18H24N2O2S. The molecule has 0 saturated heterocycles. The monoisotopic (exact) mass is 332 g/mol. The highest BCUT2D eigenvalue weighted by Gasteiger charge is 2.29. The van der Waals surface area contributed by atoms with Crippen LogP contribution in [0.25, 0.3) is 0 Å². The zero-order valence-electron chi connectivity index (χ0n) is 13.4. The number of aromatic nitrogens is 1. The van der Waals surface area contributed by atoms with Gasteiger partial charge < -0.3 is 5.32 Å². The van der Waals surface area contributed by atoms with Crippen LogP contribution in [0.2, 0.25) is 0 Å². The van der Waals surface area contributed by atoms with Crippen molar-refractivity contribution in [3.8, 4) is 0 Å². The lowest BCUT2D eigenvalue weighted by Crippen LogP contribution is -2.34. The molecule has 0 aromatic carbocycles. The number of amides is 1. The predicted octanol–water partition coefficient (Wildman–Crippen LogP) is 3.14. The summed E-state index contributed by atoms with van der Waals surface area (Å²) in [7, 11) is 0. The maximum Gasteiger partial charge on any atom is 0.221 e. The fourth-order valence-corrected chi connectivity index (χ4v) is 4.52. The van der Waals surface area contributed by atoms with Crippen molar-refractivity contribution in [1.82, 2.24) is 10.3 Å². The molecule has 124 valence electrons. The van der Waals surface area contributed by atoms with E-state index in [4.69, 9.17) is 0 Å². The topological polar surface area (TPSA) is 59.1 Å². The zero-order valence-corrected chi connectivity index (χ0v) is 14.2. The molecule has 0 bridgehead atoms. The van der Waals surface area contributed by atoms with Crippen molar-refractivity contribution in [2.45, 2.75) is 61.6 Å². The van der Waals surface area contributed by atoms with Crippen LogP contribution < -0.4 is 5.32 Å². The van der Waals surface area contributed by atoms with Gasteiger partial charge in [-0.1, -0.05) is 43.5 Å². The number of hydrogen-bond acceptors (Lipinski definition) is 4. The van der Waals surface area contributed by atoms with Crippen molar-refractivity contribution in [2.24, 2.45) is 5.92 Å². The second-order valence-electron chi connectivity index (χ2n) is 6.58. The third kappa shape index (κ3) is 4.56. The first kappa shape index (κ1) is 16.5. The number of carbonyl (C=O) groups excluding carboxylic acids is 2. The third-order valence-electron chi connectivity index (χ3n) is 4.76. The van der Waals surface area contributed by atoms with Gasteiger partial charge in [-0.2, -0.15) is 0 Å². The van der Waals surface area contributed by atoms with Gasteiger partial charge in [0.2, 0.25) is 5.91 Å². The summed E-state index contributed by atoms with van der Waals surface area (Å²) in [6, 6.07) is 3.79. The smallest absolute Gasteiger partial charge is 0.221 e. The summed E-state index contributed by atoms with van der Waals surface area (Å²) in [5.41, 5.74) is 0.984. The molecule has 1 N–H and O–H groups in total. The molecule has 2 heterocycles. The summed E-state index contributed by atoms with van der Waals surface area (Å²) < 4.78 is 0. The van der Waals surface area contributed by atoms with Crippen LogP contribution in [0.15, 0.2) is 23.4 Å². The van der Waals surface area contributed by atoms with Gasteiger partial charge in [-0.3, -0.25) is 9.59 Å². The van der Waals surface area contributed by atoms with E-state index >= 15 is 0 Å². The van der Waals surface area contributed by atoms with Gasteiger partial charge in [-0.25, -0.2) is 4.98 Å². The van der Waals surface area contributed by atoms with Gasteiger partial charge in [0.1, 0.15) is 5.03 Å². The second-order valence-corrected chi connectivity index (χ2v) is 7.77. The van der Waals surface area contributed by atoms with Crippen molar-refractivity contribution in [3.05, 3.63) is 23.9 Å². The number of ketones is 1. The van der Waals surface area contributed by atoms with Crippen LogP contribution >= 0.6 is 11.8 Å². The molecule has 1 amide bonds. The number of Topliss-reactive ketones (excluding diaryl/α,β-unsaturated/α-hetero) is 1. The Bertz CT molecular complexity index is 568. The molecule has 1 aromatic heterocycles. The maximum atomic E-state index is 12.2. The number of nitrogens with one attached hydrogen (secondary N) is 1. The van der Waals surface area contributed by atoms with Gasteiger partial charge in [0.25, 0.3) is 0 Å². The fourth-order valence-electron chi connectivity index (χ4n) is 3.39. The summed E-state index contributed by atoms with van der Waals surface area (Å²) >= 11 is 1.44. The summed E-state index contributed by atoms with van der Waals surface area (Å²) in [6.45, 7) is 0.763. The third-order valence-corrected chi connectivity index (χ3v) is 6.07. The van der Waals surface area contributed by atoms with E-state index in [1.807, 2.05) is 12.1 Å². The fraction of sp³-hybridized carbons (Fsp3) is 0.611. The Kier molecular flexibility index (Phi) is 5.70. The van der Waals surface area contributed by atoms with E-state index in [0.717, 1.165) is 17.1 Å². The van der Waals surface area contributed by atoms with Crippen molar-refractivity contribution < 1.29 is 9.59 Å². The van der Waals surface area contributed by atoms with Crippen LogP contribution in [-0.4, -0.2) is 28.5 Å². The number of rotatable bonds is 4. The number of fused-ring (bicyclic) bond motifs is 1. The summed E-state index contributed by atoms with van der Waals surface area (Å²) in [6.07, 6.45) is 10.0. The normalized spacial score (nSPS) is 22.3. The Balaban J connectivity index is 1.49. The highest BCUT2D eigenvalue weighted by molar-refractivity contribution is 8.00. The van der Waals surface area contributed by atoms with Crippen LogP contribution in [0.4, 0.5) is 0 Å². The van der Waals surface area contributed by atoms with E-state index in [1.165, 1.54) is 50.3 Å². The van der Waals surface area contributed by atoms with Gasteiger partial charge in [-0.05, 0) is 30.4 Å². The van der Waals surface area contributed by atoms with Crippen LogP contribution in [0.3, 0.4) is 0 Å². The second kappa shape index (κ2) is 7.95. The first-order chi connectivity index (χ1) is 11.2. The minimum absolute atomic E-state index is 0.000483. The molecule has 0 spiro atoms. The van der Waals surface area contributed by atoms with Crippen molar-refractivity contribution in [1.29, 1.82) is 0 Å². The molecule has 4 nitrogen and oxygen atoms in total. The van der Waals surface area contributed by atoms with E-state index in [2.05, 4.69) is 10.3 Å². The molecule has 1 atom stereocenters. The lowest BCUT2D eigenvalue weighted by Gasteiger charge is -2.22. The van der Waals surface area contributed by atoms with Crippen molar-refractivity contribution in [2.75, 3.05) is 6.54 Å². The van der Waals surface area contributed by atoms with Crippen LogP contribution in [0.1, 0.15) is 50.5 Å².